The Morgan fingerprint density at radius 2 is 1.87 bits per heavy atom. The van der Waals surface area contributed by atoms with Gasteiger partial charge in [0.1, 0.15) is 18.2 Å². The first-order valence-electron chi connectivity index (χ1n) is 5.03. The largest absolute Gasteiger partial charge is 0.456 e. The molecule has 0 saturated carbocycles. The Bertz CT molecular complexity index is 652. The van der Waals surface area contributed by atoms with Crippen LogP contribution in [0.3, 0.4) is 0 Å². The lowest BCUT2D eigenvalue weighted by atomic mass is 10.2. The number of aromatic nitrogens is 1. The highest BCUT2D eigenvalue weighted by molar-refractivity contribution is 6.03. The molecule has 15 heavy (non-hydrogen) atoms. The summed E-state index contributed by atoms with van der Waals surface area (Å²) in [5.74, 6) is 0. The summed E-state index contributed by atoms with van der Waals surface area (Å²) in [6.07, 6.45) is 2.12. The lowest BCUT2D eigenvalue weighted by Gasteiger charge is -1.92. The zero-order valence-electron chi connectivity index (χ0n) is 8.82. The highest BCUT2D eigenvalue weighted by atomic mass is 16.3. The Morgan fingerprint density at radius 1 is 1.07 bits per heavy atom. The molecule has 3 aromatic rings. The Labute approximate surface area is 87.7 Å². The van der Waals surface area contributed by atoms with E-state index in [0.29, 0.717) is 0 Å². The van der Waals surface area contributed by atoms with Crippen LogP contribution in [-0.2, 0) is 7.05 Å². The summed E-state index contributed by atoms with van der Waals surface area (Å²) in [5.41, 5.74) is 3.12. The fraction of sp³-hybridized carbons (Fsp3) is 0.154. The number of hydrogen-bond acceptors (Lipinski definition) is 1. The molecule has 0 bridgehead atoms. The van der Waals surface area contributed by atoms with Crippen LogP contribution in [0.4, 0.5) is 0 Å². The molecule has 2 heterocycles. The number of fused-ring (bicyclic) bond motifs is 3. The Morgan fingerprint density at radius 3 is 2.73 bits per heavy atom. The minimum atomic E-state index is 0.957. The normalized spacial score (nSPS) is 11.3. The molecule has 2 heteroatoms. The number of aryl methyl sites for hydroxylation is 2. The SMILES string of the molecule is Cc1cc2oc3ccccc3c2c[n+]1C. The van der Waals surface area contributed by atoms with Crippen LogP contribution < -0.4 is 4.57 Å². The Hall–Kier alpha value is -1.83. The molecule has 2 aromatic heterocycles. The van der Waals surface area contributed by atoms with Crippen LogP contribution in [-0.4, -0.2) is 0 Å². The van der Waals surface area contributed by atoms with E-state index in [-0.39, 0.29) is 0 Å². The summed E-state index contributed by atoms with van der Waals surface area (Å²) < 4.78 is 7.89. The smallest absolute Gasteiger partial charge is 0.181 e. The van der Waals surface area contributed by atoms with E-state index < -0.39 is 0 Å². The van der Waals surface area contributed by atoms with Crippen molar-refractivity contribution >= 4 is 21.9 Å². The van der Waals surface area contributed by atoms with Gasteiger partial charge in [0.15, 0.2) is 11.9 Å². The molecule has 0 radical (unpaired) electrons. The molecular weight excluding hydrogens is 186 g/mol. The van der Waals surface area contributed by atoms with E-state index in [9.17, 15) is 0 Å². The van der Waals surface area contributed by atoms with Gasteiger partial charge in [-0.05, 0) is 6.07 Å². The lowest BCUT2D eigenvalue weighted by molar-refractivity contribution is -0.676. The number of benzene rings is 1. The molecule has 2 nitrogen and oxygen atoms in total. The van der Waals surface area contributed by atoms with Gasteiger partial charge in [-0.15, -0.1) is 0 Å². The molecule has 0 aliphatic carbocycles. The van der Waals surface area contributed by atoms with Crippen LogP contribution >= 0.6 is 0 Å². The van der Waals surface area contributed by atoms with E-state index in [1.54, 1.807) is 0 Å². The third kappa shape index (κ3) is 1.14. The number of nitrogens with zero attached hydrogens (tertiary/aromatic N) is 1. The van der Waals surface area contributed by atoms with Crippen molar-refractivity contribution in [2.24, 2.45) is 7.05 Å². The molecule has 0 saturated heterocycles. The van der Waals surface area contributed by atoms with Gasteiger partial charge in [0.2, 0.25) is 0 Å². The monoisotopic (exact) mass is 198 g/mol. The molecule has 3 rings (SSSR count). The van der Waals surface area contributed by atoms with Crippen molar-refractivity contribution < 1.29 is 8.98 Å². The molecule has 0 spiro atoms. The minimum absolute atomic E-state index is 0.957. The maximum absolute atomic E-state index is 5.77. The molecule has 0 aliphatic rings. The highest BCUT2D eigenvalue weighted by Crippen LogP contribution is 2.27. The Balaban J connectivity index is 2.56. The second-order valence-electron chi connectivity index (χ2n) is 3.90. The number of rotatable bonds is 0. The van der Waals surface area contributed by atoms with Crippen molar-refractivity contribution in [1.82, 2.24) is 0 Å². The number of para-hydroxylation sites is 1. The van der Waals surface area contributed by atoms with E-state index in [4.69, 9.17) is 4.42 Å². The van der Waals surface area contributed by atoms with Gasteiger partial charge in [0.25, 0.3) is 0 Å². The first-order valence-corrected chi connectivity index (χ1v) is 5.03. The fourth-order valence-electron chi connectivity index (χ4n) is 1.91. The van der Waals surface area contributed by atoms with Crippen molar-refractivity contribution in [1.29, 1.82) is 0 Å². The summed E-state index contributed by atoms with van der Waals surface area (Å²) >= 11 is 0. The first kappa shape index (κ1) is 8.48. The zero-order valence-corrected chi connectivity index (χ0v) is 8.82. The average Bonchev–Trinajstić information content (AvgIpc) is 2.57. The summed E-state index contributed by atoms with van der Waals surface area (Å²) in [6.45, 7) is 2.08. The van der Waals surface area contributed by atoms with Gasteiger partial charge in [0, 0.05) is 18.4 Å². The van der Waals surface area contributed by atoms with Crippen molar-refractivity contribution in [3.05, 3.63) is 42.2 Å². The molecule has 0 fully saturated rings. The third-order valence-electron chi connectivity index (χ3n) is 2.88. The second-order valence-corrected chi connectivity index (χ2v) is 3.90. The van der Waals surface area contributed by atoms with Gasteiger partial charge >= 0.3 is 0 Å². The standard InChI is InChI=1S/C13H12NO/c1-9-7-13-11(8-14(9)2)10-5-3-4-6-12(10)15-13/h3-8H,1-2H3/q+1. The van der Waals surface area contributed by atoms with Gasteiger partial charge in [-0.1, -0.05) is 18.2 Å². The predicted molar refractivity (Wildman–Crippen MR) is 59.6 cm³/mol. The molecular formula is C13H12NO+. The molecule has 0 atom stereocenters. The topological polar surface area (TPSA) is 17.0 Å². The summed E-state index contributed by atoms with van der Waals surface area (Å²) in [6, 6.07) is 10.2. The van der Waals surface area contributed by atoms with Crippen molar-refractivity contribution in [3.63, 3.8) is 0 Å². The van der Waals surface area contributed by atoms with Crippen LogP contribution in [0.25, 0.3) is 21.9 Å². The van der Waals surface area contributed by atoms with Crippen LogP contribution in [0, 0.1) is 6.92 Å². The van der Waals surface area contributed by atoms with E-state index in [0.717, 1.165) is 11.2 Å². The van der Waals surface area contributed by atoms with Crippen molar-refractivity contribution in [3.8, 4) is 0 Å². The number of pyridine rings is 1. The molecule has 0 unspecified atom stereocenters. The van der Waals surface area contributed by atoms with E-state index in [1.165, 1.54) is 16.5 Å². The predicted octanol–water partition coefficient (Wildman–Crippen LogP) is 2.72. The number of furan rings is 1. The van der Waals surface area contributed by atoms with Gasteiger partial charge in [0.05, 0.1) is 5.39 Å². The summed E-state index contributed by atoms with van der Waals surface area (Å²) in [7, 11) is 2.05. The second kappa shape index (κ2) is 2.83. The van der Waals surface area contributed by atoms with Gasteiger partial charge < -0.3 is 4.42 Å². The molecule has 0 N–H and O–H groups in total. The van der Waals surface area contributed by atoms with Crippen LogP contribution in [0.5, 0.6) is 0 Å². The molecule has 74 valence electrons. The van der Waals surface area contributed by atoms with Gasteiger partial charge in [-0.25, -0.2) is 4.57 Å². The quantitative estimate of drug-likeness (QED) is 0.507. The lowest BCUT2D eigenvalue weighted by Crippen LogP contribution is -2.30. The van der Waals surface area contributed by atoms with E-state index in [2.05, 4.69) is 36.9 Å². The maximum atomic E-state index is 5.77. The summed E-state index contributed by atoms with van der Waals surface area (Å²) in [4.78, 5) is 0. The average molecular weight is 198 g/mol. The minimum Gasteiger partial charge on any atom is -0.456 e. The van der Waals surface area contributed by atoms with Crippen LogP contribution in [0.2, 0.25) is 0 Å². The third-order valence-corrected chi connectivity index (χ3v) is 2.88. The van der Waals surface area contributed by atoms with E-state index >= 15 is 0 Å². The van der Waals surface area contributed by atoms with Crippen LogP contribution in [0.1, 0.15) is 5.69 Å². The highest BCUT2D eigenvalue weighted by Gasteiger charge is 2.11. The molecule has 0 amide bonds. The maximum Gasteiger partial charge on any atom is 0.181 e. The van der Waals surface area contributed by atoms with E-state index in [1.807, 2.05) is 18.2 Å². The van der Waals surface area contributed by atoms with Gasteiger partial charge in [-0.2, -0.15) is 0 Å². The number of hydrogen-bond donors (Lipinski definition) is 0. The van der Waals surface area contributed by atoms with Crippen LogP contribution in [0.15, 0.2) is 40.9 Å². The zero-order chi connectivity index (χ0) is 10.4. The van der Waals surface area contributed by atoms with Crippen molar-refractivity contribution in [2.45, 2.75) is 6.92 Å². The Kier molecular flexibility index (Phi) is 1.60. The van der Waals surface area contributed by atoms with Crippen molar-refractivity contribution in [2.75, 3.05) is 0 Å². The fourth-order valence-corrected chi connectivity index (χ4v) is 1.91. The summed E-state index contributed by atoms with van der Waals surface area (Å²) in [5, 5.41) is 2.36. The van der Waals surface area contributed by atoms with Gasteiger partial charge in [-0.3, -0.25) is 0 Å². The molecule has 0 aliphatic heterocycles. The first-order chi connectivity index (χ1) is 7.25. The molecule has 1 aromatic carbocycles.